The van der Waals surface area contributed by atoms with Crippen LogP contribution in [-0.2, 0) is 0 Å². The van der Waals surface area contributed by atoms with Gasteiger partial charge in [-0.25, -0.2) is 0 Å². The molecule has 1 rings (SSSR count). The molecule has 0 bridgehead atoms. The Morgan fingerprint density at radius 1 is 1.00 bits per heavy atom. The Balaban J connectivity index is 2.52. The largest absolute Gasteiger partial charge is 0.390 e. The molecule has 1 saturated carbocycles. The predicted octanol–water partition coefficient (Wildman–Crippen LogP) is -1.81. The van der Waals surface area contributed by atoms with Gasteiger partial charge in [0.15, 0.2) is 0 Å². The van der Waals surface area contributed by atoms with E-state index in [0.29, 0.717) is 12.8 Å². The zero-order chi connectivity index (χ0) is 7.72. The molecule has 1 aliphatic rings. The maximum absolute atomic E-state index is 9.08. The van der Waals surface area contributed by atoms with Crippen LogP contribution >= 0.6 is 0 Å². The molecule has 0 spiro atoms. The number of aliphatic hydroxyl groups excluding tert-OH is 3. The van der Waals surface area contributed by atoms with E-state index >= 15 is 0 Å². The molecule has 0 aromatic carbocycles. The summed E-state index contributed by atoms with van der Waals surface area (Å²) < 4.78 is 0. The Labute approximate surface area is 59.3 Å². The molecule has 0 aliphatic heterocycles. The molecule has 4 nitrogen and oxygen atoms in total. The predicted molar refractivity (Wildman–Crippen MR) is 35.2 cm³/mol. The van der Waals surface area contributed by atoms with Crippen molar-refractivity contribution in [2.24, 2.45) is 5.73 Å². The molecule has 1 fully saturated rings. The van der Waals surface area contributed by atoms with Crippen LogP contribution in [0.4, 0.5) is 0 Å². The van der Waals surface area contributed by atoms with Gasteiger partial charge in [0.2, 0.25) is 0 Å². The summed E-state index contributed by atoms with van der Waals surface area (Å²) in [6.07, 6.45) is -1.80. The highest BCUT2D eigenvalue weighted by Gasteiger charge is 2.34. The fourth-order valence-electron chi connectivity index (χ4n) is 1.19. The highest BCUT2D eigenvalue weighted by molar-refractivity contribution is 4.89. The quantitative estimate of drug-likeness (QED) is 0.325. The topological polar surface area (TPSA) is 86.7 Å². The lowest BCUT2D eigenvalue weighted by molar-refractivity contribution is -0.0924. The third-order valence-corrected chi connectivity index (χ3v) is 1.98. The first kappa shape index (κ1) is 7.94. The molecular formula is C6H13NO3. The SMILES string of the molecule is NC1CCC(O)C(O)C1O. The first-order valence-electron chi connectivity index (χ1n) is 3.42. The highest BCUT2D eigenvalue weighted by Crippen LogP contribution is 2.17. The van der Waals surface area contributed by atoms with Crippen molar-refractivity contribution in [1.82, 2.24) is 0 Å². The van der Waals surface area contributed by atoms with Crippen molar-refractivity contribution in [3.05, 3.63) is 0 Å². The van der Waals surface area contributed by atoms with Crippen molar-refractivity contribution in [2.75, 3.05) is 0 Å². The molecule has 0 radical (unpaired) electrons. The van der Waals surface area contributed by atoms with Crippen LogP contribution in [-0.4, -0.2) is 39.7 Å². The van der Waals surface area contributed by atoms with Crippen molar-refractivity contribution in [3.63, 3.8) is 0 Å². The van der Waals surface area contributed by atoms with Crippen molar-refractivity contribution >= 4 is 0 Å². The van der Waals surface area contributed by atoms with E-state index in [1.807, 2.05) is 0 Å². The Kier molecular flexibility index (Phi) is 2.25. The number of aliphatic hydroxyl groups is 3. The van der Waals surface area contributed by atoms with Crippen LogP contribution in [0, 0.1) is 0 Å². The molecule has 4 heteroatoms. The van der Waals surface area contributed by atoms with Gasteiger partial charge in [-0.3, -0.25) is 0 Å². The zero-order valence-corrected chi connectivity index (χ0v) is 5.64. The van der Waals surface area contributed by atoms with E-state index in [9.17, 15) is 0 Å². The van der Waals surface area contributed by atoms with Gasteiger partial charge in [-0.15, -0.1) is 0 Å². The fraction of sp³-hybridized carbons (Fsp3) is 1.00. The second-order valence-corrected chi connectivity index (χ2v) is 2.79. The molecule has 0 aromatic heterocycles. The summed E-state index contributed by atoms with van der Waals surface area (Å²) in [6.45, 7) is 0. The van der Waals surface area contributed by atoms with E-state index < -0.39 is 24.4 Å². The highest BCUT2D eigenvalue weighted by atomic mass is 16.4. The van der Waals surface area contributed by atoms with Gasteiger partial charge in [-0.05, 0) is 12.8 Å². The Bertz CT molecular complexity index is 106. The second kappa shape index (κ2) is 2.84. The Morgan fingerprint density at radius 2 is 1.60 bits per heavy atom. The number of hydrogen-bond donors (Lipinski definition) is 4. The van der Waals surface area contributed by atoms with Crippen molar-refractivity contribution < 1.29 is 15.3 Å². The fourth-order valence-corrected chi connectivity index (χ4v) is 1.19. The average molecular weight is 147 g/mol. The maximum atomic E-state index is 9.08. The molecule has 60 valence electrons. The van der Waals surface area contributed by atoms with Gasteiger partial charge in [-0.1, -0.05) is 0 Å². The molecule has 4 unspecified atom stereocenters. The summed E-state index contributed by atoms with van der Waals surface area (Å²) in [5, 5.41) is 27.1. The molecule has 0 saturated heterocycles. The molecule has 0 amide bonds. The van der Waals surface area contributed by atoms with Crippen LogP contribution in [0.3, 0.4) is 0 Å². The van der Waals surface area contributed by atoms with Gasteiger partial charge in [-0.2, -0.15) is 0 Å². The molecule has 1 aliphatic carbocycles. The third kappa shape index (κ3) is 1.29. The van der Waals surface area contributed by atoms with Crippen LogP contribution < -0.4 is 5.73 Å². The van der Waals surface area contributed by atoms with Gasteiger partial charge < -0.3 is 21.1 Å². The van der Waals surface area contributed by atoms with Gasteiger partial charge in [0.1, 0.15) is 6.10 Å². The van der Waals surface area contributed by atoms with E-state index in [0.717, 1.165) is 0 Å². The lowest BCUT2D eigenvalue weighted by Crippen LogP contribution is -2.52. The first-order valence-corrected chi connectivity index (χ1v) is 3.42. The van der Waals surface area contributed by atoms with E-state index in [1.165, 1.54) is 0 Å². The van der Waals surface area contributed by atoms with Crippen LogP contribution in [0.5, 0.6) is 0 Å². The van der Waals surface area contributed by atoms with Crippen LogP contribution in [0.1, 0.15) is 12.8 Å². The normalized spacial score (nSPS) is 49.2. The zero-order valence-electron chi connectivity index (χ0n) is 5.64. The summed E-state index contributed by atoms with van der Waals surface area (Å²) in [4.78, 5) is 0. The minimum absolute atomic E-state index is 0.390. The molecule has 4 atom stereocenters. The van der Waals surface area contributed by atoms with Crippen LogP contribution in [0.25, 0.3) is 0 Å². The van der Waals surface area contributed by atoms with Gasteiger partial charge in [0.25, 0.3) is 0 Å². The summed E-state index contributed by atoms with van der Waals surface area (Å²) >= 11 is 0. The number of nitrogens with two attached hydrogens (primary N) is 1. The molecule has 5 N–H and O–H groups in total. The average Bonchev–Trinajstić information content (AvgIpc) is 1.93. The lowest BCUT2D eigenvalue weighted by Gasteiger charge is -2.32. The number of hydrogen-bond acceptors (Lipinski definition) is 4. The van der Waals surface area contributed by atoms with Crippen LogP contribution in [0.2, 0.25) is 0 Å². The van der Waals surface area contributed by atoms with Gasteiger partial charge in [0.05, 0.1) is 12.2 Å². The van der Waals surface area contributed by atoms with E-state index in [2.05, 4.69) is 0 Å². The monoisotopic (exact) mass is 147 g/mol. The summed E-state index contributed by atoms with van der Waals surface area (Å²) in [7, 11) is 0. The first-order chi connectivity index (χ1) is 4.63. The summed E-state index contributed by atoms with van der Waals surface area (Å²) in [5.41, 5.74) is 5.41. The minimum atomic E-state index is -1.07. The standard InChI is InChI=1S/C6H13NO3/c7-3-1-2-4(8)6(10)5(3)9/h3-6,8-10H,1-2,7H2. The van der Waals surface area contributed by atoms with E-state index in [1.54, 1.807) is 0 Å². The molecule has 10 heavy (non-hydrogen) atoms. The summed E-state index contributed by atoms with van der Waals surface area (Å²) in [5.74, 6) is 0. The smallest absolute Gasteiger partial charge is 0.107 e. The maximum Gasteiger partial charge on any atom is 0.107 e. The van der Waals surface area contributed by atoms with Gasteiger partial charge >= 0.3 is 0 Å². The minimum Gasteiger partial charge on any atom is -0.390 e. The van der Waals surface area contributed by atoms with Crippen LogP contribution in [0.15, 0.2) is 0 Å². The molecular weight excluding hydrogens is 134 g/mol. The van der Waals surface area contributed by atoms with Crippen molar-refractivity contribution in [2.45, 2.75) is 37.2 Å². The van der Waals surface area contributed by atoms with Gasteiger partial charge in [0, 0.05) is 6.04 Å². The molecule has 0 heterocycles. The molecule has 0 aromatic rings. The van der Waals surface area contributed by atoms with E-state index in [-0.39, 0.29) is 0 Å². The van der Waals surface area contributed by atoms with E-state index in [4.69, 9.17) is 21.1 Å². The van der Waals surface area contributed by atoms with Crippen molar-refractivity contribution in [3.8, 4) is 0 Å². The Hall–Kier alpha value is -0.160. The third-order valence-electron chi connectivity index (χ3n) is 1.98. The second-order valence-electron chi connectivity index (χ2n) is 2.79. The lowest BCUT2D eigenvalue weighted by atomic mass is 9.88. The number of rotatable bonds is 0. The Morgan fingerprint density at radius 3 is 2.10 bits per heavy atom. The summed E-state index contributed by atoms with van der Waals surface area (Å²) in [6, 6.07) is -0.390. The van der Waals surface area contributed by atoms with Crippen molar-refractivity contribution in [1.29, 1.82) is 0 Å².